The third-order valence-electron chi connectivity index (χ3n) is 5.82. The van der Waals surface area contributed by atoms with E-state index in [1.54, 1.807) is 13.8 Å². The lowest BCUT2D eigenvalue weighted by molar-refractivity contribution is 0.100. The first kappa shape index (κ1) is 21.7. The maximum Gasteiger partial charge on any atom is 0.160 e. The molecule has 30 heavy (non-hydrogen) atoms. The topological polar surface area (TPSA) is 34.1 Å². The van der Waals surface area contributed by atoms with Crippen LogP contribution in [0.1, 0.15) is 67.9 Å². The molecule has 0 radical (unpaired) electrons. The van der Waals surface area contributed by atoms with Gasteiger partial charge in [0.1, 0.15) is 0 Å². The normalized spacial score (nSPS) is 10.9. The van der Waals surface area contributed by atoms with Crippen molar-refractivity contribution in [1.82, 2.24) is 0 Å². The summed E-state index contributed by atoms with van der Waals surface area (Å²) in [5, 5.41) is 0. The van der Waals surface area contributed by atoms with Gasteiger partial charge >= 0.3 is 0 Å². The molecule has 2 nitrogen and oxygen atoms in total. The molecule has 3 rings (SSSR count). The van der Waals surface area contributed by atoms with Gasteiger partial charge in [0.25, 0.3) is 0 Å². The second kappa shape index (κ2) is 8.02. The van der Waals surface area contributed by atoms with Crippen molar-refractivity contribution in [3.8, 4) is 22.3 Å². The highest BCUT2D eigenvalue weighted by atomic mass is 16.1. The van der Waals surface area contributed by atoms with Gasteiger partial charge in [-0.15, -0.1) is 0 Å². The van der Waals surface area contributed by atoms with Gasteiger partial charge in [-0.05, 0) is 99.9 Å². The van der Waals surface area contributed by atoms with E-state index in [-0.39, 0.29) is 11.6 Å². The molecule has 0 aliphatic carbocycles. The molecular weight excluding hydrogens is 368 g/mol. The number of Topliss-reactive ketones (excluding diaryl/α,β-unsaturated/α-hetero) is 2. The monoisotopic (exact) mass is 398 g/mol. The van der Waals surface area contributed by atoms with Crippen molar-refractivity contribution < 1.29 is 9.59 Å². The highest BCUT2D eigenvalue weighted by Gasteiger charge is 2.19. The lowest BCUT2D eigenvalue weighted by Crippen LogP contribution is -2.04. The Kier molecular flexibility index (Phi) is 5.81. The summed E-state index contributed by atoms with van der Waals surface area (Å²) in [6, 6.07) is 12.6. The summed E-state index contributed by atoms with van der Waals surface area (Å²) in [6.07, 6.45) is 0. The molecule has 2 heteroatoms. The maximum atomic E-state index is 12.4. The number of rotatable bonds is 4. The molecule has 0 amide bonds. The van der Waals surface area contributed by atoms with Gasteiger partial charge in [-0.25, -0.2) is 0 Å². The smallest absolute Gasteiger partial charge is 0.160 e. The Morgan fingerprint density at radius 1 is 0.467 bits per heavy atom. The molecule has 0 bridgehead atoms. The van der Waals surface area contributed by atoms with E-state index >= 15 is 0 Å². The molecule has 0 atom stereocenters. The number of aryl methyl sites for hydroxylation is 6. The average Bonchev–Trinajstić information content (AvgIpc) is 2.61. The molecule has 3 aromatic rings. The molecule has 0 heterocycles. The van der Waals surface area contributed by atoms with Crippen LogP contribution >= 0.6 is 0 Å². The molecule has 0 aliphatic rings. The van der Waals surface area contributed by atoms with E-state index in [1.807, 2.05) is 13.8 Å². The van der Waals surface area contributed by atoms with Crippen molar-refractivity contribution in [2.75, 3.05) is 0 Å². The fourth-order valence-corrected chi connectivity index (χ4v) is 4.69. The first-order chi connectivity index (χ1) is 14.0. The summed E-state index contributed by atoms with van der Waals surface area (Å²) in [5.74, 6) is 0.161. The van der Waals surface area contributed by atoms with Crippen LogP contribution in [0.15, 0.2) is 36.4 Å². The fraction of sp³-hybridized carbons (Fsp3) is 0.286. The predicted molar refractivity (Wildman–Crippen MR) is 126 cm³/mol. The van der Waals surface area contributed by atoms with E-state index in [0.29, 0.717) is 0 Å². The maximum absolute atomic E-state index is 12.4. The third kappa shape index (κ3) is 3.87. The lowest BCUT2D eigenvalue weighted by atomic mass is 9.84. The molecule has 0 fully saturated rings. The highest BCUT2D eigenvalue weighted by molar-refractivity contribution is 6.04. The molecule has 0 unspecified atom stereocenters. The summed E-state index contributed by atoms with van der Waals surface area (Å²) in [6.45, 7) is 15.5. The van der Waals surface area contributed by atoms with E-state index in [2.05, 4.69) is 64.1 Å². The van der Waals surface area contributed by atoms with Gasteiger partial charge in [-0.3, -0.25) is 9.59 Å². The Bertz CT molecular complexity index is 1100. The zero-order chi connectivity index (χ0) is 22.3. The Morgan fingerprint density at radius 2 is 0.800 bits per heavy atom. The molecular formula is C28H30O2. The van der Waals surface area contributed by atoms with E-state index in [9.17, 15) is 9.59 Å². The van der Waals surface area contributed by atoms with Gasteiger partial charge in [0.05, 0.1) is 0 Å². The predicted octanol–water partition coefficient (Wildman–Crippen LogP) is 7.28. The minimum atomic E-state index is 0.0804. The van der Waals surface area contributed by atoms with Crippen LogP contribution in [0.2, 0.25) is 0 Å². The largest absolute Gasteiger partial charge is 0.294 e. The highest BCUT2D eigenvalue weighted by Crippen LogP contribution is 2.37. The minimum absolute atomic E-state index is 0.0804. The van der Waals surface area contributed by atoms with E-state index in [1.165, 1.54) is 0 Å². The van der Waals surface area contributed by atoms with Gasteiger partial charge in [0.2, 0.25) is 0 Å². The molecule has 0 saturated carbocycles. The van der Waals surface area contributed by atoms with Crippen LogP contribution in [0.3, 0.4) is 0 Å². The Labute approximate surface area is 180 Å². The number of hydrogen-bond acceptors (Lipinski definition) is 2. The van der Waals surface area contributed by atoms with Crippen LogP contribution in [0.4, 0.5) is 0 Å². The summed E-state index contributed by atoms with van der Waals surface area (Å²) in [4.78, 5) is 24.8. The van der Waals surface area contributed by atoms with E-state index in [4.69, 9.17) is 0 Å². The summed E-state index contributed by atoms with van der Waals surface area (Å²) >= 11 is 0. The van der Waals surface area contributed by atoms with Crippen molar-refractivity contribution >= 4 is 11.6 Å². The Balaban J connectivity index is 2.31. The molecule has 0 N–H and O–H groups in total. The number of carbonyl (C=O) groups is 2. The minimum Gasteiger partial charge on any atom is -0.294 e. The standard InChI is InChI=1S/C28H30O2/c1-15-9-19(5)27(21(7)29)25(11-15)23-13-18(4)24(14-17(23)3)26-12-16(2)10-20(6)28(26)22(8)30/h9-14H,1-8H3. The van der Waals surface area contributed by atoms with Crippen molar-refractivity contribution in [3.05, 3.63) is 80.9 Å². The average molecular weight is 399 g/mol. The second-order valence-corrected chi connectivity index (χ2v) is 8.60. The Morgan fingerprint density at radius 3 is 1.10 bits per heavy atom. The Hall–Kier alpha value is -3.00. The number of carbonyl (C=O) groups excluding carboxylic acids is 2. The number of benzene rings is 3. The quantitative estimate of drug-likeness (QED) is 0.433. The molecule has 0 saturated heterocycles. The summed E-state index contributed by atoms with van der Waals surface area (Å²) in [7, 11) is 0. The summed E-state index contributed by atoms with van der Waals surface area (Å²) < 4.78 is 0. The first-order valence-corrected chi connectivity index (χ1v) is 10.4. The first-order valence-electron chi connectivity index (χ1n) is 10.4. The number of hydrogen-bond donors (Lipinski definition) is 0. The molecule has 0 aliphatic heterocycles. The van der Waals surface area contributed by atoms with Crippen LogP contribution in [-0.2, 0) is 0 Å². The number of ketones is 2. The van der Waals surface area contributed by atoms with Crippen LogP contribution in [0.5, 0.6) is 0 Å². The van der Waals surface area contributed by atoms with Crippen LogP contribution < -0.4 is 0 Å². The van der Waals surface area contributed by atoms with Crippen LogP contribution in [-0.4, -0.2) is 11.6 Å². The third-order valence-corrected chi connectivity index (χ3v) is 5.82. The zero-order valence-corrected chi connectivity index (χ0v) is 19.3. The zero-order valence-electron chi connectivity index (χ0n) is 19.3. The van der Waals surface area contributed by atoms with Gasteiger partial charge in [-0.1, -0.05) is 47.5 Å². The molecule has 0 aromatic heterocycles. The van der Waals surface area contributed by atoms with Crippen molar-refractivity contribution in [2.45, 2.75) is 55.4 Å². The fourth-order valence-electron chi connectivity index (χ4n) is 4.69. The van der Waals surface area contributed by atoms with Gasteiger partial charge in [-0.2, -0.15) is 0 Å². The van der Waals surface area contributed by atoms with Crippen LogP contribution in [0, 0.1) is 41.5 Å². The molecule has 0 spiro atoms. The summed E-state index contributed by atoms with van der Waals surface area (Å²) in [5.41, 5.74) is 12.2. The second-order valence-electron chi connectivity index (χ2n) is 8.60. The van der Waals surface area contributed by atoms with E-state index in [0.717, 1.165) is 66.8 Å². The van der Waals surface area contributed by atoms with Crippen molar-refractivity contribution in [1.29, 1.82) is 0 Å². The molecule has 3 aromatic carbocycles. The van der Waals surface area contributed by atoms with Gasteiger partial charge in [0.15, 0.2) is 11.6 Å². The van der Waals surface area contributed by atoms with Gasteiger partial charge in [0, 0.05) is 11.1 Å². The van der Waals surface area contributed by atoms with Crippen molar-refractivity contribution in [3.63, 3.8) is 0 Å². The van der Waals surface area contributed by atoms with Gasteiger partial charge < -0.3 is 0 Å². The SMILES string of the molecule is CC(=O)c1c(C)cc(C)cc1-c1cc(C)c(-c2cc(C)cc(C)c2C(C)=O)cc1C. The van der Waals surface area contributed by atoms with Crippen molar-refractivity contribution in [2.24, 2.45) is 0 Å². The van der Waals surface area contributed by atoms with E-state index < -0.39 is 0 Å². The molecule has 154 valence electrons. The lowest BCUT2D eigenvalue weighted by Gasteiger charge is -2.19. The van der Waals surface area contributed by atoms with Crippen LogP contribution in [0.25, 0.3) is 22.3 Å².